The minimum Gasteiger partial charge on any atom is -0.354 e. The van der Waals surface area contributed by atoms with Crippen LogP contribution in [0.15, 0.2) is 42.5 Å². The summed E-state index contributed by atoms with van der Waals surface area (Å²) in [6.45, 7) is 4.54. The molecule has 1 unspecified atom stereocenters. The van der Waals surface area contributed by atoms with E-state index in [4.69, 9.17) is 0 Å². The van der Waals surface area contributed by atoms with Gasteiger partial charge in [0, 0.05) is 24.6 Å². The molecule has 134 valence electrons. The van der Waals surface area contributed by atoms with Gasteiger partial charge in [0.15, 0.2) is 0 Å². The number of hydrogen-bond acceptors (Lipinski definition) is 2. The SMILES string of the molecule is CCCCCC(C)NC(=O)CCNC(=O)c1ccc2ccccc2c1. The summed E-state index contributed by atoms with van der Waals surface area (Å²) >= 11 is 0. The third kappa shape index (κ3) is 6.22. The van der Waals surface area contributed by atoms with Crippen LogP contribution in [0.5, 0.6) is 0 Å². The molecule has 1 atom stereocenters. The highest BCUT2D eigenvalue weighted by Crippen LogP contribution is 2.15. The Kier molecular flexibility index (Phi) is 7.45. The zero-order valence-electron chi connectivity index (χ0n) is 15.2. The number of carbonyl (C=O) groups excluding carboxylic acids is 2. The van der Waals surface area contributed by atoms with E-state index in [1.165, 1.54) is 12.8 Å². The summed E-state index contributed by atoms with van der Waals surface area (Å²) in [6, 6.07) is 13.8. The molecular weight excluding hydrogens is 312 g/mol. The van der Waals surface area contributed by atoms with Gasteiger partial charge in [-0.15, -0.1) is 0 Å². The minimum atomic E-state index is -0.144. The van der Waals surface area contributed by atoms with E-state index in [1.54, 1.807) is 0 Å². The first kappa shape index (κ1) is 19.0. The van der Waals surface area contributed by atoms with Crippen molar-refractivity contribution >= 4 is 22.6 Å². The van der Waals surface area contributed by atoms with Crippen LogP contribution in [-0.2, 0) is 4.79 Å². The lowest BCUT2D eigenvalue weighted by atomic mass is 10.1. The first-order valence-corrected chi connectivity index (χ1v) is 9.16. The van der Waals surface area contributed by atoms with Crippen molar-refractivity contribution in [3.05, 3.63) is 48.0 Å². The third-order valence-electron chi connectivity index (χ3n) is 4.30. The monoisotopic (exact) mass is 340 g/mol. The van der Waals surface area contributed by atoms with Gasteiger partial charge in [-0.25, -0.2) is 0 Å². The zero-order valence-corrected chi connectivity index (χ0v) is 15.2. The number of nitrogens with one attached hydrogen (secondary N) is 2. The summed E-state index contributed by atoms with van der Waals surface area (Å²) in [7, 11) is 0. The maximum absolute atomic E-state index is 12.2. The summed E-state index contributed by atoms with van der Waals surface area (Å²) in [6.07, 6.45) is 4.82. The largest absolute Gasteiger partial charge is 0.354 e. The molecule has 2 aromatic rings. The molecule has 0 saturated carbocycles. The molecule has 4 nitrogen and oxygen atoms in total. The zero-order chi connectivity index (χ0) is 18.1. The molecule has 0 aliphatic carbocycles. The normalized spacial score (nSPS) is 11.9. The Labute approximate surface area is 150 Å². The maximum atomic E-state index is 12.2. The molecule has 0 bridgehead atoms. The van der Waals surface area contributed by atoms with Crippen LogP contribution in [0.4, 0.5) is 0 Å². The highest BCUT2D eigenvalue weighted by Gasteiger charge is 2.09. The van der Waals surface area contributed by atoms with E-state index in [9.17, 15) is 9.59 Å². The maximum Gasteiger partial charge on any atom is 0.251 e. The van der Waals surface area contributed by atoms with Gasteiger partial charge in [0.25, 0.3) is 5.91 Å². The molecule has 4 heteroatoms. The van der Waals surface area contributed by atoms with Gasteiger partial charge in [0.2, 0.25) is 5.91 Å². The molecule has 0 spiro atoms. The van der Waals surface area contributed by atoms with Gasteiger partial charge in [0.1, 0.15) is 0 Å². The van der Waals surface area contributed by atoms with Crippen LogP contribution in [0.25, 0.3) is 10.8 Å². The molecule has 0 saturated heterocycles. The topological polar surface area (TPSA) is 58.2 Å². The fourth-order valence-electron chi connectivity index (χ4n) is 2.84. The molecule has 25 heavy (non-hydrogen) atoms. The fraction of sp³-hybridized carbons (Fsp3) is 0.429. The first-order chi connectivity index (χ1) is 12.1. The lowest BCUT2D eigenvalue weighted by molar-refractivity contribution is -0.121. The molecule has 2 aromatic carbocycles. The number of hydrogen-bond donors (Lipinski definition) is 2. The van der Waals surface area contributed by atoms with E-state index >= 15 is 0 Å². The second-order valence-corrected chi connectivity index (χ2v) is 6.53. The van der Waals surface area contributed by atoms with Crippen LogP contribution in [0, 0.1) is 0 Å². The Hall–Kier alpha value is -2.36. The van der Waals surface area contributed by atoms with Crippen LogP contribution in [0.1, 0.15) is 56.3 Å². The first-order valence-electron chi connectivity index (χ1n) is 9.16. The van der Waals surface area contributed by atoms with Gasteiger partial charge in [0.05, 0.1) is 0 Å². The van der Waals surface area contributed by atoms with Gasteiger partial charge in [-0.1, -0.05) is 56.5 Å². The molecular formula is C21H28N2O2. The van der Waals surface area contributed by atoms with Gasteiger partial charge in [-0.2, -0.15) is 0 Å². The second kappa shape index (κ2) is 9.82. The van der Waals surface area contributed by atoms with Gasteiger partial charge in [-0.3, -0.25) is 9.59 Å². The molecule has 0 heterocycles. The van der Waals surface area contributed by atoms with E-state index in [-0.39, 0.29) is 17.9 Å². The Morgan fingerprint density at radius 2 is 1.80 bits per heavy atom. The quantitative estimate of drug-likeness (QED) is 0.677. The lowest BCUT2D eigenvalue weighted by Gasteiger charge is -2.13. The van der Waals surface area contributed by atoms with E-state index in [0.717, 1.165) is 23.6 Å². The molecule has 0 radical (unpaired) electrons. The molecule has 0 aliphatic rings. The third-order valence-corrected chi connectivity index (χ3v) is 4.30. The summed E-state index contributed by atoms with van der Waals surface area (Å²) in [4.78, 5) is 24.1. The van der Waals surface area contributed by atoms with Crippen molar-refractivity contribution in [3.8, 4) is 0 Å². The summed E-state index contributed by atoms with van der Waals surface area (Å²) in [5.41, 5.74) is 0.618. The highest BCUT2D eigenvalue weighted by molar-refractivity contribution is 5.98. The number of unbranched alkanes of at least 4 members (excludes halogenated alkanes) is 2. The Morgan fingerprint density at radius 1 is 1.04 bits per heavy atom. The van der Waals surface area contributed by atoms with Crippen molar-refractivity contribution in [1.29, 1.82) is 0 Å². The predicted octanol–water partition coefficient (Wildman–Crippen LogP) is 4.04. The standard InChI is InChI=1S/C21H28N2O2/c1-3-4-5-8-16(2)23-20(24)13-14-22-21(25)19-12-11-17-9-6-7-10-18(17)15-19/h6-7,9-12,15-16H,3-5,8,13-14H2,1-2H3,(H,22,25)(H,23,24). The minimum absolute atomic E-state index is 0.0113. The molecule has 0 fully saturated rings. The summed E-state index contributed by atoms with van der Waals surface area (Å²) < 4.78 is 0. The smallest absolute Gasteiger partial charge is 0.251 e. The Balaban J connectivity index is 1.74. The lowest BCUT2D eigenvalue weighted by Crippen LogP contribution is -2.35. The Morgan fingerprint density at radius 3 is 2.56 bits per heavy atom. The van der Waals surface area contributed by atoms with E-state index in [2.05, 4.69) is 17.6 Å². The summed E-state index contributed by atoms with van der Waals surface area (Å²) in [5, 5.41) is 7.95. The Bertz CT molecular complexity index is 712. The van der Waals surface area contributed by atoms with Crippen LogP contribution in [-0.4, -0.2) is 24.4 Å². The number of rotatable bonds is 9. The highest BCUT2D eigenvalue weighted by atomic mass is 16.2. The van der Waals surface area contributed by atoms with Crippen molar-refractivity contribution in [3.63, 3.8) is 0 Å². The van der Waals surface area contributed by atoms with E-state index in [1.807, 2.05) is 49.4 Å². The molecule has 0 aromatic heterocycles. The molecule has 2 N–H and O–H groups in total. The van der Waals surface area contributed by atoms with Crippen LogP contribution in [0.2, 0.25) is 0 Å². The van der Waals surface area contributed by atoms with Crippen LogP contribution >= 0.6 is 0 Å². The van der Waals surface area contributed by atoms with Gasteiger partial charge >= 0.3 is 0 Å². The van der Waals surface area contributed by atoms with Crippen LogP contribution in [0.3, 0.4) is 0 Å². The number of benzene rings is 2. The number of amides is 2. The van der Waals surface area contributed by atoms with Crippen molar-refractivity contribution in [2.45, 2.75) is 52.0 Å². The number of carbonyl (C=O) groups is 2. The average molecular weight is 340 g/mol. The molecule has 0 aliphatic heterocycles. The summed E-state index contributed by atoms with van der Waals surface area (Å²) in [5.74, 6) is -0.155. The molecule has 2 amide bonds. The molecule has 2 rings (SSSR count). The van der Waals surface area contributed by atoms with Gasteiger partial charge in [-0.05, 0) is 36.2 Å². The van der Waals surface area contributed by atoms with Crippen molar-refractivity contribution in [2.24, 2.45) is 0 Å². The van der Waals surface area contributed by atoms with E-state index in [0.29, 0.717) is 18.5 Å². The van der Waals surface area contributed by atoms with E-state index < -0.39 is 0 Å². The second-order valence-electron chi connectivity index (χ2n) is 6.53. The van der Waals surface area contributed by atoms with Crippen molar-refractivity contribution < 1.29 is 9.59 Å². The van der Waals surface area contributed by atoms with Crippen LogP contribution < -0.4 is 10.6 Å². The predicted molar refractivity (Wildman–Crippen MR) is 103 cm³/mol. The van der Waals surface area contributed by atoms with Crippen molar-refractivity contribution in [2.75, 3.05) is 6.54 Å². The fourth-order valence-corrected chi connectivity index (χ4v) is 2.84. The van der Waals surface area contributed by atoms with Crippen molar-refractivity contribution in [1.82, 2.24) is 10.6 Å². The average Bonchev–Trinajstić information content (AvgIpc) is 2.61. The van der Waals surface area contributed by atoms with Gasteiger partial charge < -0.3 is 10.6 Å². The number of fused-ring (bicyclic) bond motifs is 1.